The highest BCUT2D eigenvalue weighted by Crippen LogP contribution is 2.35. The Labute approximate surface area is 183 Å². The van der Waals surface area contributed by atoms with Crippen molar-refractivity contribution in [3.63, 3.8) is 0 Å². The van der Waals surface area contributed by atoms with Crippen LogP contribution in [-0.2, 0) is 28.4 Å². The smallest absolute Gasteiger partial charge is 0.283 e. The zero-order valence-electron chi connectivity index (χ0n) is 17.4. The van der Waals surface area contributed by atoms with E-state index in [4.69, 9.17) is 28.4 Å². The molecule has 0 saturated carbocycles. The van der Waals surface area contributed by atoms with Gasteiger partial charge in [0.15, 0.2) is 0 Å². The largest absolute Gasteiger partial charge is 0.327 e. The van der Waals surface area contributed by atoms with Crippen LogP contribution in [0.3, 0.4) is 0 Å². The summed E-state index contributed by atoms with van der Waals surface area (Å²) in [6.45, 7) is 2.81. The molecule has 4 aliphatic rings. The van der Waals surface area contributed by atoms with Gasteiger partial charge in [0.2, 0.25) is 0 Å². The predicted molar refractivity (Wildman–Crippen MR) is 115 cm³/mol. The molecule has 4 rings (SSSR count). The summed E-state index contributed by atoms with van der Waals surface area (Å²) in [6.07, 6.45) is 10.1. The summed E-state index contributed by atoms with van der Waals surface area (Å²) >= 11 is 3.91. The van der Waals surface area contributed by atoms with E-state index in [0.717, 1.165) is 74.8 Å². The molecule has 4 unspecified atom stereocenters. The Morgan fingerprint density at radius 3 is 1.66 bits per heavy atom. The number of thioether (sulfide) groups is 2. The Morgan fingerprint density at radius 2 is 1.14 bits per heavy atom. The van der Waals surface area contributed by atoms with Crippen LogP contribution in [0.2, 0.25) is 0 Å². The molecule has 0 amide bonds. The third-order valence-electron chi connectivity index (χ3n) is 5.75. The second-order valence-electron chi connectivity index (χ2n) is 8.29. The first-order valence-corrected chi connectivity index (χ1v) is 13.7. The average Bonchev–Trinajstić information content (AvgIpc) is 3.11. The Kier molecular flexibility index (Phi) is 8.87. The molecule has 0 N–H and O–H groups in total. The minimum Gasteiger partial charge on any atom is -0.327 e. The number of rotatable bonds is 8. The standard InChI is InChI=1S/C21H36O6S2/c1-3-8-20(22-10-5-1)24-14-18(26-20)16-28-12-7-13-29-17-19-15-25-21(27-19)9-4-2-6-11-23-21/h18-19H,1-17H2. The Morgan fingerprint density at radius 1 is 0.621 bits per heavy atom. The van der Waals surface area contributed by atoms with Gasteiger partial charge in [-0.25, -0.2) is 0 Å². The average molecular weight is 449 g/mol. The lowest BCUT2D eigenvalue weighted by Gasteiger charge is -2.25. The van der Waals surface area contributed by atoms with Gasteiger partial charge in [0.1, 0.15) is 0 Å². The van der Waals surface area contributed by atoms with Gasteiger partial charge in [-0.1, -0.05) is 12.8 Å². The van der Waals surface area contributed by atoms with E-state index in [1.807, 2.05) is 23.5 Å². The first-order chi connectivity index (χ1) is 14.3. The van der Waals surface area contributed by atoms with E-state index in [2.05, 4.69) is 0 Å². The summed E-state index contributed by atoms with van der Waals surface area (Å²) in [5, 5.41) is 0. The molecular formula is C21H36O6S2. The van der Waals surface area contributed by atoms with Gasteiger partial charge < -0.3 is 28.4 Å². The monoisotopic (exact) mass is 448 g/mol. The maximum Gasteiger partial charge on any atom is 0.283 e. The first-order valence-electron chi connectivity index (χ1n) is 11.3. The number of ether oxygens (including phenoxy) is 6. The van der Waals surface area contributed by atoms with Crippen molar-refractivity contribution >= 4 is 23.5 Å². The van der Waals surface area contributed by atoms with Crippen molar-refractivity contribution < 1.29 is 28.4 Å². The first kappa shape index (κ1) is 22.6. The van der Waals surface area contributed by atoms with Crippen molar-refractivity contribution in [2.24, 2.45) is 0 Å². The Hall–Kier alpha value is 0.460. The van der Waals surface area contributed by atoms with E-state index in [-0.39, 0.29) is 12.2 Å². The highest BCUT2D eigenvalue weighted by atomic mass is 32.2. The van der Waals surface area contributed by atoms with Gasteiger partial charge in [-0.15, -0.1) is 0 Å². The van der Waals surface area contributed by atoms with Crippen molar-refractivity contribution in [1.29, 1.82) is 0 Å². The van der Waals surface area contributed by atoms with Gasteiger partial charge in [-0.3, -0.25) is 0 Å². The van der Waals surface area contributed by atoms with E-state index >= 15 is 0 Å². The minimum absolute atomic E-state index is 0.158. The second-order valence-corrected chi connectivity index (χ2v) is 10.6. The molecule has 2 spiro atoms. The maximum absolute atomic E-state index is 6.12. The molecule has 168 valence electrons. The molecule has 0 radical (unpaired) electrons. The molecule has 0 bridgehead atoms. The molecule has 8 heteroatoms. The minimum atomic E-state index is -0.737. The van der Waals surface area contributed by atoms with Gasteiger partial charge in [0, 0.05) is 24.3 Å². The van der Waals surface area contributed by atoms with Gasteiger partial charge in [-0.05, 0) is 43.6 Å². The van der Waals surface area contributed by atoms with E-state index in [9.17, 15) is 0 Å². The van der Waals surface area contributed by atoms with Gasteiger partial charge >= 0.3 is 0 Å². The van der Waals surface area contributed by atoms with E-state index in [1.54, 1.807) is 0 Å². The van der Waals surface area contributed by atoms with Gasteiger partial charge in [0.25, 0.3) is 11.9 Å². The third kappa shape index (κ3) is 6.72. The molecule has 4 atom stereocenters. The van der Waals surface area contributed by atoms with Crippen molar-refractivity contribution in [3.05, 3.63) is 0 Å². The second kappa shape index (κ2) is 11.4. The van der Waals surface area contributed by atoms with E-state index in [0.29, 0.717) is 13.2 Å². The van der Waals surface area contributed by atoms with Crippen LogP contribution in [0.1, 0.15) is 57.8 Å². The molecule has 29 heavy (non-hydrogen) atoms. The van der Waals surface area contributed by atoms with Crippen LogP contribution in [0, 0.1) is 0 Å². The van der Waals surface area contributed by atoms with Crippen LogP contribution in [0.4, 0.5) is 0 Å². The molecule has 6 nitrogen and oxygen atoms in total. The normalized spacial score (nSPS) is 38.5. The van der Waals surface area contributed by atoms with Crippen LogP contribution >= 0.6 is 23.5 Å². The summed E-state index contributed by atoms with van der Waals surface area (Å²) in [5.74, 6) is 2.79. The summed E-state index contributed by atoms with van der Waals surface area (Å²) in [6, 6.07) is 0. The lowest BCUT2D eigenvalue weighted by Crippen LogP contribution is -2.34. The van der Waals surface area contributed by atoms with Crippen LogP contribution in [-0.4, -0.2) is 73.6 Å². The molecule has 4 fully saturated rings. The van der Waals surface area contributed by atoms with Crippen LogP contribution in [0.5, 0.6) is 0 Å². The summed E-state index contributed by atoms with van der Waals surface area (Å²) in [5.41, 5.74) is 0. The highest BCUT2D eigenvalue weighted by Gasteiger charge is 2.44. The molecule has 0 aromatic rings. The topological polar surface area (TPSA) is 55.4 Å². The lowest BCUT2D eigenvalue weighted by molar-refractivity contribution is -0.335. The quantitative estimate of drug-likeness (QED) is 0.513. The lowest BCUT2D eigenvalue weighted by atomic mass is 10.2. The third-order valence-corrected chi connectivity index (χ3v) is 8.12. The predicted octanol–water partition coefficient (Wildman–Crippen LogP) is 4.16. The molecule has 4 saturated heterocycles. The fourth-order valence-electron chi connectivity index (χ4n) is 4.19. The van der Waals surface area contributed by atoms with Crippen molar-refractivity contribution in [1.82, 2.24) is 0 Å². The van der Waals surface area contributed by atoms with Crippen LogP contribution < -0.4 is 0 Å². The van der Waals surface area contributed by atoms with Crippen LogP contribution in [0.15, 0.2) is 0 Å². The number of hydrogen-bond donors (Lipinski definition) is 0. The van der Waals surface area contributed by atoms with E-state index < -0.39 is 11.9 Å². The van der Waals surface area contributed by atoms with Crippen molar-refractivity contribution in [2.75, 3.05) is 49.4 Å². The molecule has 0 aromatic heterocycles. The van der Waals surface area contributed by atoms with Crippen LogP contribution in [0.25, 0.3) is 0 Å². The maximum atomic E-state index is 6.12. The van der Waals surface area contributed by atoms with Gasteiger partial charge in [-0.2, -0.15) is 23.5 Å². The highest BCUT2D eigenvalue weighted by molar-refractivity contribution is 8.00. The molecule has 4 heterocycles. The SMILES string of the molecule is C1CCOC2(CC1)OCC(CSCCCSCC1COC3(CCCCCO3)O1)O2. The Balaban J connectivity index is 1.02. The zero-order chi connectivity index (χ0) is 19.8. The summed E-state index contributed by atoms with van der Waals surface area (Å²) in [7, 11) is 0. The fraction of sp³-hybridized carbons (Fsp3) is 1.00. The van der Waals surface area contributed by atoms with Crippen molar-refractivity contribution in [2.45, 2.75) is 81.9 Å². The molecular weight excluding hydrogens is 412 g/mol. The summed E-state index contributed by atoms with van der Waals surface area (Å²) < 4.78 is 35.7. The van der Waals surface area contributed by atoms with E-state index in [1.165, 1.54) is 19.3 Å². The zero-order valence-corrected chi connectivity index (χ0v) is 19.1. The fourth-order valence-corrected chi connectivity index (χ4v) is 6.26. The number of hydrogen-bond acceptors (Lipinski definition) is 8. The molecule has 4 aliphatic heterocycles. The van der Waals surface area contributed by atoms with Crippen molar-refractivity contribution in [3.8, 4) is 0 Å². The Bertz CT molecular complexity index is 436. The van der Waals surface area contributed by atoms with Gasteiger partial charge in [0.05, 0.1) is 38.6 Å². The molecule has 0 aromatic carbocycles. The summed E-state index contributed by atoms with van der Waals surface area (Å²) in [4.78, 5) is 0. The molecule has 0 aliphatic carbocycles.